The SMILES string of the molecule is CCCc1nc(NC)cc(N2CCSCC2C)n1. The summed E-state index contributed by atoms with van der Waals surface area (Å²) in [6.45, 7) is 5.51. The van der Waals surface area contributed by atoms with Gasteiger partial charge >= 0.3 is 0 Å². The third kappa shape index (κ3) is 3.07. The summed E-state index contributed by atoms with van der Waals surface area (Å²) >= 11 is 2.03. The van der Waals surface area contributed by atoms with Gasteiger partial charge in [-0.2, -0.15) is 11.8 Å². The summed E-state index contributed by atoms with van der Waals surface area (Å²) in [6.07, 6.45) is 2.03. The van der Waals surface area contributed by atoms with Gasteiger partial charge in [0.15, 0.2) is 0 Å². The van der Waals surface area contributed by atoms with Crippen LogP contribution in [0.3, 0.4) is 0 Å². The number of nitrogens with one attached hydrogen (secondary N) is 1. The Labute approximate surface area is 114 Å². The zero-order valence-corrected chi connectivity index (χ0v) is 12.3. The number of anilines is 2. The fraction of sp³-hybridized carbons (Fsp3) is 0.692. The standard InChI is InChI=1S/C13H22N4S/c1-4-5-11-15-12(14-3)8-13(16-11)17-6-7-18-9-10(17)2/h8,10H,4-7,9H2,1-3H3,(H,14,15,16). The van der Waals surface area contributed by atoms with Gasteiger partial charge in [0.2, 0.25) is 0 Å². The van der Waals surface area contributed by atoms with Crippen LogP contribution >= 0.6 is 11.8 Å². The Morgan fingerprint density at radius 1 is 1.50 bits per heavy atom. The van der Waals surface area contributed by atoms with Gasteiger partial charge in [0, 0.05) is 43.6 Å². The van der Waals surface area contributed by atoms with E-state index in [1.807, 2.05) is 18.8 Å². The highest BCUT2D eigenvalue weighted by Gasteiger charge is 2.21. The first-order valence-electron chi connectivity index (χ1n) is 6.64. The number of hydrogen-bond acceptors (Lipinski definition) is 5. The second-order valence-corrected chi connectivity index (χ2v) is 5.79. The van der Waals surface area contributed by atoms with Gasteiger partial charge in [-0.15, -0.1) is 0 Å². The summed E-state index contributed by atoms with van der Waals surface area (Å²) < 4.78 is 0. The number of thioether (sulfide) groups is 1. The summed E-state index contributed by atoms with van der Waals surface area (Å²) in [6, 6.07) is 2.61. The molecule has 1 atom stereocenters. The van der Waals surface area contributed by atoms with Crippen LogP contribution < -0.4 is 10.2 Å². The maximum atomic E-state index is 4.71. The van der Waals surface area contributed by atoms with Crippen molar-refractivity contribution >= 4 is 23.4 Å². The van der Waals surface area contributed by atoms with E-state index in [0.717, 1.165) is 36.8 Å². The van der Waals surface area contributed by atoms with Crippen LogP contribution in [0, 0.1) is 0 Å². The van der Waals surface area contributed by atoms with Crippen LogP contribution in [-0.4, -0.2) is 41.1 Å². The Morgan fingerprint density at radius 3 is 3.00 bits per heavy atom. The second-order valence-electron chi connectivity index (χ2n) is 4.64. The average molecular weight is 266 g/mol. The summed E-state index contributed by atoms with van der Waals surface area (Å²) in [5, 5.41) is 3.14. The predicted molar refractivity (Wildman–Crippen MR) is 79.7 cm³/mol. The Hall–Kier alpha value is -0.970. The smallest absolute Gasteiger partial charge is 0.134 e. The highest BCUT2D eigenvalue weighted by molar-refractivity contribution is 7.99. The van der Waals surface area contributed by atoms with E-state index in [2.05, 4.69) is 35.1 Å². The maximum Gasteiger partial charge on any atom is 0.134 e. The Kier molecular flexibility index (Phi) is 4.69. The minimum absolute atomic E-state index is 0.554. The van der Waals surface area contributed by atoms with Crippen LogP contribution in [-0.2, 0) is 6.42 Å². The van der Waals surface area contributed by atoms with Crippen molar-refractivity contribution in [2.75, 3.05) is 35.3 Å². The topological polar surface area (TPSA) is 41.1 Å². The third-order valence-corrected chi connectivity index (χ3v) is 4.34. The van der Waals surface area contributed by atoms with Gasteiger partial charge < -0.3 is 10.2 Å². The first kappa shape index (κ1) is 13.5. The molecule has 1 aliphatic heterocycles. The molecular formula is C13H22N4S. The normalized spacial score (nSPS) is 19.9. The summed E-state index contributed by atoms with van der Waals surface area (Å²) in [5.74, 6) is 5.32. The van der Waals surface area contributed by atoms with Crippen LogP contribution in [0.2, 0.25) is 0 Å². The zero-order valence-electron chi connectivity index (χ0n) is 11.4. The first-order chi connectivity index (χ1) is 8.74. The van der Waals surface area contributed by atoms with E-state index in [0.29, 0.717) is 6.04 Å². The average Bonchev–Trinajstić information content (AvgIpc) is 2.39. The van der Waals surface area contributed by atoms with Gasteiger partial charge in [-0.05, 0) is 13.3 Å². The number of rotatable bonds is 4. The lowest BCUT2D eigenvalue weighted by atomic mass is 10.3. The molecule has 1 aromatic heterocycles. The molecule has 0 aromatic carbocycles. The number of aromatic nitrogens is 2. The first-order valence-corrected chi connectivity index (χ1v) is 7.80. The fourth-order valence-corrected chi connectivity index (χ4v) is 3.17. The molecule has 0 bridgehead atoms. The van der Waals surface area contributed by atoms with E-state index in [-0.39, 0.29) is 0 Å². The maximum absolute atomic E-state index is 4.71. The molecule has 1 aliphatic rings. The Bertz CT molecular complexity index is 397. The number of aryl methyl sites for hydroxylation is 1. The van der Waals surface area contributed by atoms with Gasteiger partial charge in [0.05, 0.1) is 0 Å². The van der Waals surface area contributed by atoms with Gasteiger partial charge in [-0.3, -0.25) is 0 Å². The quantitative estimate of drug-likeness (QED) is 0.906. The molecule has 0 amide bonds. The molecule has 1 fully saturated rings. The van der Waals surface area contributed by atoms with Crippen LogP contribution in [0.15, 0.2) is 6.07 Å². The zero-order chi connectivity index (χ0) is 13.0. The summed E-state index contributed by atoms with van der Waals surface area (Å²) in [5.41, 5.74) is 0. The molecule has 1 saturated heterocycles. The lowest BCUT2D eigenvalue weighted by Crippen LogP contribution is -2.41. The predicted octanol–water partition coefficient (Wildman–Crippen LogP) is 2.41. The lowest BCUT2D eigenvalue weighted by molar-refractivity contribution is 0.683. The molecular weight excluding hydrogens is 244 g/mol. The monoisotopic (exact) mass is 266 g/mol. The molecule has 0 saturated carbocycles. The van der Waals surface area contributed by atoms with Crippen molar-refractivity contribution in [1.82, 2.24) is 9.97 Å². The van der Waals surface area contributed by atoms with Gasteiger partial charge in [-0.25, -0.2) is 9.97 Å². The molecule has 1 N–H and O–H groups in total. The molecule has 2 rings (SSSR count). The van der Waals surface area contributed by atoms with E-state index in [4.69, 9.17) is 4.98 Å². The van der Waals surface area contributed by atoms with Gasteiger partial charge in [-0.1, -0.05) is 6.92 Å². The molecule has 0 aliphatic carbocycles. The van der Waals surface area contributed by atoms with E-state index in [1.54, 1.807) is 0 Å². The number of hydrogen-bond donors (Lipinski definition) is 1. The molecule has 1 aromatic rings. The van der Waals surface area contributed by atoms with Crippen LogP contribution in [0.1, 0.15) is 26.1 Å². The Morgan fingerprint density at radius 2 is 2.33 bits per heavy atom. The van der Waals surface area contributed by atoms with Gasteiger partial charge in [0.25, 0.3) is 0 Å². The van der Waals surface area contributed by atoms with Crippen molar-refractivity contribution < 1.29 is 0 Å². The highest BCUT2D eigenvalue weighted by Crippen LogP contribution is 2.24. The van der Waals surface area contributed by atoms with E-state index >= 15 is 0 Å². The minimum atomic E-state index is 0.554. The van der Waals surface area contributed by atoms with Crippen LogP contribution in [0.25, 0.3) is 0 Å². The van der Waals surface area contributed by atoms with E-state index in [9.17, 15) is 0 Å². The van der Waals surface area contributed by atoms with E-state index < -0.39 is 0 Å². The van der Waals surface area contributed by atoms with Crippen LogP contribution in [0.4, 0.5) is 11.6 Å². The molecule has 0 radical (unpaired) electrons. The minimum Gasteiger partial charge on any atom is -0.373 e. The second kappa shape index (κ2) is 6.27. The molecule has 4 nitrogen and oxygen atoms in total. The molecule has 0 spiro atoms. The third-order valence-electron chi connectivity index (χ3n) is 3.15. The molecule has 18 heavy (non-hydrogen) atoms. The van der Waals surface area contributed by atoms with Crippen molar-refractivity contribution in [2.24, 2.45) is 0 Å². The summed E-state index contributed by atoms with van der Waals surface area (Å²) in [4.78, 5) is 11.6. The van der Waals surface area contributed by atoms with Crippen molar-refractivity contribution in [3.63, 3.8) is 0 Å². The summed E-state index contributed by atoms with van der Waals surface area (Å²) in [7, 11) is 1.91. The molecule has 2 heterocycles. The van der Waals surface area contributed by atoms with Crippen LogP contribution in [0.5, 0.6) is 0 Å². The van der Waals surface area contributed by atoms with Crippen molar-refractivity contribution in [2.45, 2.75) is 32.7 Å². The van der Waals surface area contributed by atoms with Crippen molar-refractivity contribution in [3.8, 4) is 0 Å². The largest absolute Gasteiger partial charge is 0.373 e. The van der Waals surface area contributed by atoms with Crippen molar-refractivity contribution in [1.29, 1.82) is 0 Å². The molecule has 1 unspecified atom stereocenters. The van der Waals surface area contributed by atoms with Crippen molar-refractivity contribution in [3.05, 3.63) is 11.9 Å². The molecule has 5 heteroatoms. The van der Waals surface area contributed by atoms with Gasteiger partial charge in [0.1, 0.15) is 17.5 Å². The Balaban J connectivity index is 2.27. The fourth-order valence-electron chi connectivity index (χ4n) is 2.16. The number of nitrogens with zero attached hydrogens (tertiary/aromatic N) is 3. The van der Waals surface area contributed by atoms with E-state index in [1.165, 1.54) is 11.5 Å². The lowest BCUT2D eigenvalue weighted by Gasteiger charge is -2.34. The highest BCUT2D eigenvalue weighted by atomic mass is 32.2. The molecule has 100 valence electrons.